The van der Waals surface area contributed by atoms with Crippen molar-refractivity contribution in [2.75, 3.05) is 44.3 Å². The van der Waals surface area contributed by atoms with E-state index in [1.807, 2.05) is 17.9 Å². The van der Waals surface area contributed by atoms with E-state index in [-0.39, 0.29) is 17.5 Å². The second-order valence-corrected chi connectivity index (χ2v) is 8.36. The highest BCUT2D eigenvalue weighted by molar-refractivity contribution is 5.98. The van der Waals surface area contributed by atoms with Crippen molar-refractivity contribution in [1.29, 1.82) is 0 Å². The molecule has 3 aliphatic rings. The summed E-state index contributed by atoms with van der Waals surface area (Å²) in [6.07, 6.45) is 7.35. The third kappa shape index (κ3) is 3.91. The molecule has 27 heavy (non-hydrogen) atoms. The Labute approximate surface area is 163 Å². The molecule has 1 amide bonds. The normalized spacial score (nSPS) is 23.8. The standard InChI is InChI=1S/C22H33N3O2/c1-18(21(26)25-12-9-19-7-3-4-8-20(19)25)23-17-22(10-5-2-6-11-22)24-13-15-27-16-14-24/h3-4,7-8,18,23H,2,5-6,9-17H2,1H3/t18-/m0/s1. The fourth-order valence-corrected chi connectivity index (χ4v) is 5.08. The summed E-state index contributed by atoms with van der Waals surface area (Å²) in [7, 11) is 0. The fourth-order valence-electron chi connectivity index (χ4n) is 5.08. The highest BCUT2D eigenvalue weighted by Crippen LogP contribution is 2.34. The first-order valence-corrected chi connectivity index (χ1v) is 10.7. The van der Waals surface area contributed by atoms with Crippen LogP contribution in [-0.2, 0) is 16.0 Å². The van der Waals surface area contributed by atoms with E-state index in [9.17, 15) is 4.79 Å². The second kappa shape index (κ2) is 8.29. The number of morpholine rings is 1. The minimum atomic E-state index is -0.156. The number of carbonyl (C=O) groups excluding carboxylic acids is 1. The number of ether oxygens (including phenoxy) is 1. The van der Waals surface area contributed by atoms with Gasteiger partial charge in [-0.05, 0) is 37.8 Å². The second-order valence-electron chi connectivity index (χ2n) is 8.36. The van der Waals surface area contributed by atoms with Crippen molar-refractivity contribution in [1.82, 2.24) is 10.2 Å². The van der Waals surface area contributed by atoms with Crippen LogP contribution in [0, 0.1) is 0 Å². The molecule has 0 spiro atoms. The van der Waals surface area contributed by atoms with Gasteiger partial charge in [0, 0.05) is 37.4 Å². The first kappa shape index (κ1) is 18.9. The van der Waals surface area contributed by atoms with Crippen LogP contribution in [0.15, 0.2) is 24.3 Å². The number of para-hydroxylation sites is 1. The molecule has 1 aromatic carbocycles. The molecule has 0 bridgehead atoms. The lowest BCUT2D eigenvalue weighted by molar-refractivity contribution is -0.120. The third-order valence-electron chi connectivity index (χ3n) is 6.73. The zero-order chi connectivity index (χ0) is 18.7. The number of anilines is 1. The number of carbonyl (C=O) groups is 1. The molecule has 2 heterocycles. The van der Waals surface area contributed by atoms with Crippen molar-refractivity contribution in [2.24, 2.45) is 0 Å². The van der Waals surface area contributed by atoms with Gasteiger partial charge in [0.2, 0.25) is 5.91 Å². The number of fused-ring (bicyclic) bond motifs is 1. The molecular formula is C22H33N3O2. The van der Waals surface area contributed by atoms with Gasteiger partial charge in [0.15, 0.2) is 0 Å². The Kier molecular flexibility index (Phi) is 5.81. The summed E-state index contributed by atoms with van der Waals surface area (Å²) < 4.78 is 5.58. The molecule has 5 heteroatoms. The van der Waals surface area contributed by atoms with Crippen LogP contribution in [0.1, 0.15) is 44.6 Å². The summed E-state index contributed by atoms with van der Waals surface area (Å²) in [5, 5.41) is 3.62. The monoisotopic (exact) mass is 371 g/mol. The van der Waals surface area contributed by atoms with Gasteiger partial charge >= 0.3 is 0 Å². The maximum atomic E-state index is 13.1. The van der Waals surface area contributed by atoms with Gasteiger partial charge in [-0.1, -0.05) is 37.5 Å². The SMILES string of the molecule is C[C@H](NCC1(N2CCOCC2)CCCCC1)C(=O)N1CCc2ccccc21. The number of nitrogens with one attached hydrogen (secondary N) is 1. The lowest BCUT2D eigenvalue weighted by atomic mass is 9.79. The predicted molar refractivity (Wildman–Crippen MR) is 108 cm³/mol. The maximum Gasteiger partial charge on any atom is 0.243 e. The van der Waals surface area contributed by atoms with E-state index in [2.05, 4.69) is 28.4 Å². The number of amides is 1. The van der Waals surface area contributed by atoms with Gasteiger partial charge < -0.3 is 15.0 Å². The molecule has 1 saturated heterocycles. The van der Waals surface area contributed by atoms with E-state index >= 15 is 0 Å². The van der Waals surface area contributed by atoms with Crippen molar-refractivity contribution in [3.05, 3.63) is 29.8 Å². The summed E-state index contributed by atoms with van der Waals surface area (Å²) in [6, 6.07) is 8.14. The number of nitrogens with zero attached hydrogens (tertiary/aromatic N) is 2. The lowest BCUT2D eigenvalue weighted by Crippen LogP contribution is -2.61. The van der Waals surface area contributed by atoms with Crippen LogP contribution in [-0.4, -0.2) is 61.8 Å². The third-order valence-corrected chi connectivity index (χ3v) is 6.73. The molecule has 1 atom stereocenters. The summed E-state index contributed by atoms with van der Waals surface area (Å²) in [5.41, 5.74) is 2.58. The fraction of sp³-hybridized carbons (Fsp3) is 0.682. The lowest BCUT2D eigenvalue weighted by Gasteiger charge is -2.48. The van der Waals surface area contributed by atoms with Gasteiger partial charge in [-0.3, -0.25) is 9.69 Å². The quantitative estimate of drug-likeness (QED) is 0.864. The van der Waals surface area contributed by atoms with Gasteiger partial charge in [-0.15, -0.1) is 0 Å². The number of rotatable bonds is 5. The Hall–Kier alpha value is -1.43. The zero-order valence-electron chi connectivity index (χ0n) is 16.6. The van der Waals surface area contributed by atoms with Crippen molar-refractivity contribution in [2.45, 2.75) is 57.0 Å². The van der Waals surface area contributed by atoms with E-state index in [1.165, 1.54) is 37.7 Å². The van der Waals surface area contributed by atoms with E-state index < -0.39 is 0 Å². The van der Waals surface area contributed by atoms with Crippen LogP contribution < -0.4 is 10.2 Å². The topological polar surface area (TPSA) is 44.8 Å². The van der Waals surface area contributed by atoms with Gasteiger partial charge in [-0.25, -0.2) is 0 Å². The molecule has 4 rings (SSSR count). The van der Waals surface area contributed by atoms with Crippen molar-refractivity contribution >= 4 is 11.6 Å². The van der Waals surface area contributed by atoms with Crippen LogP contribution in [0.2, 0.25) is 0 Å². The molecule has 2 fully saturated rings. The first-order chi connectivity index (χ1) is 13.2. The Morgan fingerprint density at radius 3 is 2.67 bits per heavy atom. The summed E-state index contributed by atoms with van der Waals surface area (Å²) in [6.45, 7) is 7.43. The summed E-state index contributed by atoms with van der Waals surface area (Å²) in [5.74, 6) is 0.202. The highest BCUT2D eigenvalue weighted by Gasteiger charge is 2.39. The molecule has 0 radical (unpaired) electrons. The average Bonchev–Trinajstić information content (AvgIpc) is 3.17. The van der Waals surface area contributed by atoms with Gasteiger partial charge in [0.25, 0.3) is 0 Å². The molecule has 1 aliphatic carbocycles. The number of hydrogen-bond acceptors (Lipinski definition) is 4. The van der Waals surface area contributed by atoms with E-state index in [4.69, 9.17) is 4.74 Å². The van der Waals surface area contributed by atoms with Gasteiger partial charge in [0.1, 0.15) is 0 Å². The first-order valence-electron chi connectivity index (χ1n) is 10.7. The van der Waals surface area contributed by atoms with E-state index in [1.54, 1.807) is 0 Å². The molecule has 1 saturated carbocycles. The Morgan fingerprint density at radius 2 is 1.89 bits per heavy atom. The average molecular weight is 372 g/mol. The summed E-state index contributed by atoms with van der Waals surface area (Å²) in [4.78, 5) is 17.7. The predicted octanol–water partition coefficient (Wildman–Crippen LogP) is 2.59. The van der Waals surface area contributed by atoms with Crippen LogP contribution in [0.25, 0.3) is 0 Å². The van der Waals surface area contributed by atoms with Crippen LogP contribution in [0.3, 0.4) is 0 Å². The molecule has 1 N–H and O–H groups in total. The minimum Gasteiger partial charge on any atom is -0.379 e. The van der Waals surface area contributed by atoms with Gasteiger partial charge in [-0.2, -0.15) is 0 Å². The van der Waals surface area contributed by atoms with Crippen molar-refractivity contribution in [3.8, 4) is 0 Å². The molecular weight excluding hydrogens is 338 g/mol. The highest BCUT2D eigenvalue weighted by atomic mass is 16.5. The smallest absolute Gasteiger partial charge is 0.243 e. The maximum absolute atomic E-state index is 13.1. The van der Waals surface area contributed by atoms with Crippen LogP contribution >= 0.6 is 0 Å². The Bertz CT molecular complexity index is 651. The molecule has 2 aliphatic heterocycles. The van der Waals surface area contributed by atoms with E-state index in [0.717, 1.165) is 51.5 Å². The minimum absolute atomic E-state index is 0.156. The molecule has 0 aromatic heterocycles. The van der Waals surface area contributed by atoms with Crippen molar-refractivity contribution in [3.63, 3.8) is 0 Å². The Morgan fingerprint density at radius 1 is 1.15 bits per heavy atom. The number of benzene rings is 1. The Balaban J connectivity index is 1.41. The number of hydrogen-bond donors (Lipinski definition) is 1. The largest absolute Gasteiger partial charge is 0.379 e. The van der Waals surface area contributed by atoms with Gasteiger partial charge in [0.05, 0.1) is 19.3 Å². The summed E-state index contributed by atoms with van der Waals surface area (Å²) >= 11 is 0. The van der Waals surface area contributed by atoms with Crippen LogP contribution in [0.5, 0.6) is 0 Å². The molecule has 148 valence electrons. The van der Waals surface area contributed by atoms with Crippen molar-refractivity contribution < 1.29 is 9.53 Å². The van der Waals surface area contributed by atoms with Crippen LogP contribution in [0.4, 0.5) is 5.69 Å². The molecule has 1 aromatic rings. The molecule has 0 unspecified atom stereocenters. The van der Waals surface area contributed by atoms with E-state index in [0.29, 0.717) is 0 Å². The zero-order valence-corrected chi connectivity index (χ0v) is 16.6. The molecule has 5 nitrogen and oxygen atoms in total.